The minimum atomic E-state index is -3.27. The van der Waals surface area contributed by atoms with Gasteiger partial charge in [-0.25, -0.2) is 23.2 Å². The normalized spacial score (nSPS) is 23.5. The van der Waals surface area contributed by atoms with E-state index in [4.69, 9.17) is 14.2 Å². The minimum Gasteiger partial charge on any atom is -0.473 e. The van der Waals surface area contributed by atoms with Gasteiger partial charge in [0.2, 0.25) is 5.88 Å². The summed E-state index contributed by atoms with van der Waals surface area (Å²) in [5, 5.41) is 0. The van der Waals surface area contributed by atoms with E-state index < -0.39 is 9.84 Å². The van der Waals surface area contributed by atoms with Crippen molar-refractivity contribution in [2.24, 2.45) is 11.8 Å². The molecule has 3 aliphatic heterocycles. The number of benzene rings is 1. The molecule has 0 aliphatic carbocycles. The molecule has 2 unspecified atom stereocenters. The molecule has 0 spiro atoms. The SMILES string of the molecule is Cc1c(OC2C3COCC2CN(C(=O)OC(C)C)C3)ncnc1N1CCc2cc(S(C)(=O)=O)ccc21. The van der Waals surface area contributed by atoms with E-state index in [1.165, 1.54) is 12.6 Å². The quantitative estimate of drug-likeness (QED) is 0.592. The Morgan fingerprint density at radius 1 is 1.17 bits per heavy atom. The van der Waals surface area contributed by atoms with Gasteiger partial charge in [-0.3, -0.25) is 0 Å². The van der Waals surface area contributed by atoms with Crippen molar-refractivity contribution < 1.29 is 27.4 Å². The van der Waals surface area contributed by atoms with Gasteiger partial charge < -0.3 is 24.0 Å². The first-order valence-corrected chi connectivity index (χ1v) is 14.1. The fraction of sp³-hybridized carbons (Fsp3) is 0.560. The van der Waals surface area contributed by atoms with E-state index in [-0.39, 0.29) is 30.1 Å². The van der Waals surface area contributed by atoms with Gasteiger partial charge in [0.1, 0.15) is 18.2 Å². The molecule has 1 aromatic carbocycles. The van der Waals surface area contributed by atoms with Gasteiger partial charge >= 0.3 is 6.09 Å². The van der Waals surface area contributed by atoms with E-state index in [1.807, 2.05) is 26.8 Å². The second kappa shape index (κ2) is 9.51. The number of piperidine rings is 1. The molecule has 0 saturated carbocycles. The number of amides is 1. The first-order chi connectivity index (χ1) is 17.1. The molecule has 1 aromatic heterocycles. The average molecular weight is 517 g/mol. The van der Waals surface area contributed by atoms with E-state index in [0.717, 1.165) is 29.1 Å². The molecule has 194 valence electrons. The molecule has 5 rings (SSSR count). The third kappa shape index (κ3) is 4.73. The van der Waals surface area contributed by atoms with Crippen molar-refractivity contribution in [2.45, 2.75) is 44.3 Å². The molecular formula is C25H32N4O6S. The number of hydrogen-bond donors (Lipinski definition) is 0. The molecule has 2 saturated heterocycles. The molecule has 3 aliphatic rings. The van der Waals surface area contributed by atoms with E-state index in [2.05, 4.69) is 14.9 Å². The van der Waals surface area contributed by atoms with Crippen LogP contribution >= 0.6 is 0 Å². The molecule has 36 heavy (non-hydrogen) atoms. The highest BCUT2D eigenvalue weighted by atomic mass is 32.2. The number of rotatable bonds is 5. The van der Waals surface area contributed by atoms with Gasteiger partial charge in [0.05, 0.1) is 29.8 Å². The number of likely N-dealkylation sites (tertiary alicyclic amines) is 1. The number of hydrogen-bond acceptors (Lipinski definition) is 9. The lowest BCUT2D eigenvalue weighted by atomic mass is 9.84. The summed E-state index contributed by atoms with van der Waals surface area (Å²) in [7, 11) is -3.27. The predicted octanol–water partition coefficient (Wildman–Crippen LogP) is 2.75. The summed E-state index contributed by atoms with van der Waals surface area (Å²) < 4.78 is 41.6. The Morgan fingerprint density at radius 2 is 1.89 bits per heavy atom. The van der Waals surface area contributed by atoms with Gasteiger partial charge in [-0.15, -0.1) is 0 Å². The maximum atomic E-state index is 12.5. The molecule has 2 bridgehead atoms. The lowest BCUT2D eigenvalue weighted by Gasteiger charge is -2.46. The van der Waals surface area contributed by atoms with Crippen LogP contribution in [-0.4, -0.2) is 80.7 Å². The Balaban J connectivity index is 1.36. The van der Waals surface area contributed by atoms with Gasteiger partial charge in [0, 0.05) is 43.4 Å². The van der Waals surface area contributed by atoms with Gasteiger partial charge in [-0.05, 0) is 51.0 Å². The third-order valence-electron chi connectivity index (χ3n) is 6.99. The van der Waals surface area contributed by atoms with Gasteiger partial charge in [0.25, 0.3) is 0 Å². The van der Waals surface area contributed by atoms with Crippen LogP contribution in [-0.2, 0) is 25.7 Å². The number of carbonyl (C=O) groups excluding carboxylic acids is 1. The Morgan fingerprint density at radius 3 is 2.56 bits per heavy atom. The largest absolute Gasteiger partial charge is 0.473 e. The summed E-state index contributed by atoms with van der Waals surface area (Å²) in [5.41, 5.74) is 2.74. The molecule has 1 amide bonds. The second-order valence-corrected chi connectivity index (χ2v) is 12.1. The lowest BCUT2D eigenvalue weighted by molar-refractivity contribution is -0.111. The van der Waals surface area contributed by atoms with Crippen LogP contribution in [0.4, 0.5) is 16.3 Å². The van der Waals surface area contributed by atoms with Gasteiger partial charge in [0.15, 0.2) is 9.84 Å². The zero-order valence-electron chi connectivity index (χ0n) is 21.0. The monoisotopic (exact) mass is 516 g/mol. The molecule has 2 fully saturated rings. The van der Waals surface area contributed by atoms with E-state index in [9.17, 15) is 13.2 Å². The molecule has 10 nitrogen and oxygen atoms in total. The van der Waals surface area contributed by atoms with Crippen molar-refractivity contribution in [2.75, 3.05) is 44.0 Å². The van der Waals surface area contributed by atoms with Crippen molar-refractivity contribution in [3.8, 4) is 5.88 Å². The van der Waals surface area contributed by atoms with Crippen LogP contribution in [0.25, 0.3) is 0 Å². The van der Waals surface area contributed by atoms with Crippen molar-refractivity contribution in [3.63, 3.8) is 0 Å². The number of sulfone groups is 1. The number of fused-ring (bicyclic) bond motifs is 3. The smallest absolute Gasteiger partial charge is 0.410 e. The summed E-state index contributed by atoms with van der Waals surface area (Å²) in [6.45, 7) is 8.34. The summed E-state index contributed by atoms with van der Waals surface area (Å²) in [6.07, 6.45) is 2.85. The first-order valence-electron chi connectivity index (χ1n) is 12.2. The summed E-state index contributed by atoms with van der Waals surface area (Å²) in [4.78, 5) is 25.6. The minimum absolute atomic E-state index is 0.0111. The zero-order chi connectivity index (χ0) is 25.6. The number of ether oxygens (including phenoxy) is 3. The molecule has 4 heterocycles. The predicted molar refractivity (Wildman–Crippen MR) is 132 cm³/mol. The van der Waals surface area contributed by atoms with Crippen LogP contribution in [0.2, 0.25) is 0 Å². The fourth-order valence-corrected chi connectivity index (χ4v) is 5.96. The van der Waals surface area contributed by atoms with Crippen LogP contribution in [0.5, 0.6) is 5.88 Å². The highest BCUT2D eigenvalue weighted by molar-refractivity contribution is 7.90. The summed E-state index contributed by atoms with van der Waals surface area (Å²) in [5.74, 6) is 1.28. The molecule has 0 radical (unpaired) electrons. The maximum absolute atomic E-state index is 12.5. The van der Waals surface area contributed by atoms with E-state index >= 15 is 0 Å². The molecular weight excluding hydrogens is 484 g/mol. The second-order valence-electron chi connectivity index (χ2n) is 10.1. The first kappa shape index (κ1) is 24.8. The average Bonchev–Trinajstić information content (AvgIpc) is 3.22. The van der Waals surface area contributed by atoms with Crippen LogP contribution in [0.1, 0.15) is 25.0 Å². The van der Waals surface area contributed by atoms with Crippen molar-refractivity contribution in [3.05, 3.63) is 35.7 Å². The molecule has 2 aromatic rings. The third-order valence-corrected chi connectivity index (χ3v) is 8.10. The van der Waals surface area contributed by atoms with Gasteiger partial charge in [-0.2, -0.15) is 0 Å². The fourth-order valence-electron chi connectivity index (χ4n) is 5.29. The van der Waals surface area contributed by atoms with Crippen LogP contribution in [0.15, 0.2) is 29.4 Å². The van der Waals surface area contributed by atoms with E-state index in [0.29, 0.717) is 43.6 Å². The summed E-state index contributed by atoms with van der Waals surface area (Å²) in [6, 6.07) is 5.23. The zero-order valence-corrected chi connectivity index (χ0v) is 21.8. The van der Waals surface area contributed by atoms with Gasteiger partial charge in [-0.1, -0.05) is 0 Å². The van der Waals surface area contributed by atoms with Crippen LogP contribution in [0, 0.1) is 18.8 Å². The molecule has 11 heteroatoms. The Kier molecular flexibility index (Phi) is 6.54. The Bertz CT molecular complexity index is 1250. The summed E-state index contributed by atoms with van der Waals surface area (Å²) >= 11 is 0. The van der Waals surface area contributed by atoms with Crippen LogP contribution < -0.4 is 9.64 Å². The molecule has 0 N–H and O–H groups in total. The van der Waals surface area contributed by atoms with Crippen molar-refractivity contribution >= 4 is 27.4 Å². The highest BCUT2D eigenvalue weighted by Gasteiger charge is 2.44. The number of carbonyl (C=O) groups is 1. The topological polar surface area (TPSA) is 111 Å². The highest BCUT2D eigenvalue weighted by Crippen LogP contribution is 2.39. The number of anilines is 2. The van der Waals surface area contributed by atoms with Crippen molar-refractivity contribution in [1.29, 1.82) is 0 Å². The van der Waals surface area contributed by atoms with E-state index in [1.54, 1.807) is 17.0 Å². The van der Waals surface area contributed by atoms with Crippen molar-refractivity contribution in [1.82, 2.24) is 14.9 Å². The standard InChI is InChI=1S/C25H32N4O6S/c1-15(2)34-25(30)28-10-18-12-33-13-19(11-28)22(18)35-24-16(3)23(26-14-27-24)29-8-7-17-9-20(36(4,31)32)5-6-21(17)29/h5-6,9,14-15,18-19,22H,7-8,10-13H2,1-4H3. The number of nitrogens with zero attached hydrogens (tertiary/aromatic N) is 4. The number of aromatic nitrogens is 2. The Labute approximate surface area is 211 Å². The lowest BCUT2D eigenvalue weighted by Crippen LogP contribution is -2.58. The maximum Gasteiger partial charge on any atom is 0.410 e. The van der Waals surface area contributed by atoms with Crippen LogP contribution in [0.3, 0.4) is 0 Å². The Hall–Kier alpha value is -2.92. The molecule has 2 atom stereocenters.